The summed E-state index contributed by atoms with van der Waals surface area (Å²) in [6, 6.07) is 17.2. The molecule has 0 radical (unpaired) electrons. The highest BCUT2D eigenvalue weighted by Crippen LogP contribution is 2.43. The van der Waals surface area contributed by atoms with Gasteiger partial charge in [0.25, 0.3) is 11.7 Å². The number of benzene rings is 3. The van der Waals surface area contributed by atoms with E-state index < -0.39 is 17.7 Å². The summed E-state index contributed by atoms with van der Waals surface area (Å²) in [7, 11) is 1.43. The van der Waals surface area contributed by atoms with E-state index in [1.165, 1.54) is 24.1 Å². The second kappa shape index (κ2) is 11.3. The Morgan fingerprint density at radius 1 is 0.974 bits per heavy atom. The average molecular weight is 568 g/mol. The number of aliphatic hydroxyl groups excluding tert-OH is 1. The molecular weight excluding hydrogens is 537 g/mol. The van der Waals surface area contributed by atoms with Crippen molar-refractivity contribution in [1.82, 2.24) is 4.90 Å². The Labute approximate surface area is 238 Å². The molecule has 8 heteroatoms. The molecule has 1 heterocycles. The van der Waals surface area contributed by atoms with Crippen LogP contribution in [0, 0.1) is 0 Å². The van der Waals surface area contributed by atoms with Gasteiger partial charge in [-0.05, 0) is 53.3 Å². The molecule has 4 rings (SSSR count). The molecule has 0 saturated carbocycles. The van der Waals surface area contributed by atoms with E-state index in [0.717, 1.165) is 11.1 Å². The number of nitrogens with zero attached hydrogens (tertiary/aromatic N) is 1. The molecule has 1 aliphatic rings. The molecule has 0 aromatic heterocycles. The fourth-order valence-corrected chi connectivity index (χ4v) is 5.30. The zero-order chi connectivity index (χ0) is 28.5. The topological polar surface area (TPSA) is 76.1 Å². The summed E-state index contributed by atoms with van der Waals surface area (Å²) < 4.78 is 10.7. The number of hydrogen-bond donors (Lipinski definition) is 1. The van der Waals surface area contributed by atoms with E-state index >= 15 is 0 Å². The summed E-state index contributed by atoms with van der Waals surface area (Å²) in [5.74, 6) is -0.891. The van der Waals surface area contributed by atoms with E-state index in [9.17, 15) is 14.7 Å². The third-order valence-corrected chi connectivity index (χ3v) is 7.26. The van der Waals surface area contributed by atoms with Crippen LogP contribution >= 0.6 is 23.2 Å². The SMILES string of the molecule is CCOc1ccc(CN2C(=O)C(=O)/C(=C(/O)c3cc(Cl)c(OC)c(Cl)c3)C2c2ccc(C(C)(C)C)cc2)cc1. The first-order chi connectivity index (χ1) is 18.5. The Hall–Kier alpha value is -3.48. The highest BCUT2D eigenvalue weighted by atomic mass is 35.5. The first-order valence-electron chi connectivity index (χ1n) is 12.6. The van der Waals surface area contributed by atoms with Crippen LogP contribution in [0.3, 0.4) is 0 Å². The van der Waals surface area contributed by atoms with Crippen LogP contribution in [-0.2, 0) is 21.5 Å². The number of halogens is 2. The number of hydrogen-bond acceptors (Lipinski definition) is 5. The lowest BCUT2D eigenvalue weighted by Gasteiger charge is -2.27. The predicted molar refractivity (Wildman–Crippen MR) is 154 cm³/mol. The fourth-order valence-electron chi connectivity index (χ4n) is 4.66. The molecule has 1 amide bonds. The van der Waals surface area contributed by atoms with E-state index in [0.29, 0.717) is 17.9 Å². The smallest absolute Gasteiger partial charge is 0.295 e. The number of methoxy groups -OCH3 is 1. The van der Waals surface area contributed by atoms with Crippen molar-refractivity contribution >= 4 is 40.7 Å². The first kappa shape index (κ1) is 28.5. The molecule has 1 N–H and O–H groups in total. The molecule has 1 fully saturated rings. The summed E-state index contributed by atoms with van der Waals surface area (Å²) in [5.41, 5.74) is 2.70. The van der Waals surface area contributed by atoms with Gasteiger partial charge in [0, 0.05) is 12.1 Å². The van der Waals surface area contributed by atoms with Gasteiger partial charge in [-0.25, -0.2) is 0 Å². The molecule has 3 aromatic carbocycles. The van der Waals surface area contributed by atoms with E-state index in [4.69, 9.17) is 32.7 Å². The Balaban J connectivity index is 1.84. The molecule has 3 aromatic rings. The largest absolute Gasteiger partial charge is 0.507 e. The van der Waals surface area contributed by atoms with Crippen molar-refractivity contribution in [3.63, 3.8) is 0 Å². The van der Waals surface area contributed by atoms with E-state index in [-0.39, 0.29) is 44.7 Å². The van der Waals surface area contributed by atoms with Gasteiger partial charge in [0.1, 0.15) is 11.5 Å². The van der Waals surface area contributed by atoms with Crippen molar-refractivity contribution in [2.24, 2.45) is 0 Å². The number of carbonyl (C=O) groups excluding carboxylic acids is 2. The number of Topliss-reactive ketones (excluding diaryl/α,β-unsaturated/α-hetero) is 1. The summed E-state index contributed by atoms with van der Waals surface area (Å²) in [6.07, 6.45) is 0. The Morgan fingerprint density at radius 2 is 1.56 bits per heavy atom. The zero-order valence-corrected chi connectivity index (χ0v) is 24.1. The van der Waals surface area contributed by atoms with Crippen molar-refractivity contribution in [1.29, 1.82) is 0 Å². The maximum absolute atomic E-state index is 13.4. The number of likely N-dealkylation sites (tertiary alicyclic amines) is 1. The molecule has 0 aliphatic carbocycles. The van der Waals surface area contributed by atoms with Crippen LogP contribution in [-0.4, -0.2) is 35.4 Å². The second-order valence-electron chi connectivity index (χ2n) is 10.3. The minimum Gasteiger partial charge on any atom is -0.507 e. The van der Waals surface area contributed by atoms with E-state index in [2.05, 4.69) is 20.8 Å². The van der Waals surface area contributed by atoms with Gasteiger partial charge < -0.3 is 19.5 Å². The van der Waals surface area contributed by atoms with Crippen LogP contribution < -0.4 is 9.47 Å². The van der Waals surface area contributed by atoms with Crippen molar-refractivity contribution in [3.05, 3.63) is 98.5 Å². The molecule has 6 nitrogen and oxygen atoms in total. The van der Waals surface area contributed by atoms with Gasteiger partial charge in [0.15, 0.2) is 5.75 Å². The Bertz CT molecular complexity index is 1400. The van der Waals surface area contributed by atoms with Crippen molar-refractivity contribution in [2.45, 2.75) is 45.7 Å². The fraction of sp³-hybridized carbons (Fsp3) is 0.290. The maximum atomic E-state index is 13.4. The van der Waals surface area contributed by atoms with Gasteiger partial charge in [-0.3, -0.25) is 9.59 Å². The molecule has 0 spiro atoms. The molecule has 1 saturated heterocycles. The monoisotopic (exact) mass is 567 g/mol. The molecule has 39 heavy (non-hydrogen) atoms. The standard InChI is InChI=1S/C31H31Cl2NO5/c1-6-39-22-13-7-18(8-14-22)17-34-26(19-9-11-21(12-10-19)31(2,3)4)25(28(36)30(34)37)27(35)20-15-23(32)29(38-5)24(33)16-20/h7-16,26,35H,6,17H2,1-5H3/b27-25+. The molecule has 1 aliphatic heterocycles. The molecule has 1 atom stereocenters. The third-order valence-electron chi connectivity index (χ3n) is 6.70. The number of carbonyl (C=O) groups is 2. The minimum atomic E-state index is -0.828. The van der Waals surface area contributed by atoms with Crippen LogP contribution in [0.15, 0.2) is 66.2 Å². The second-order valence-corrected chi connectivity index (χ2v) is 11.2. The lowest BCUT2D eigenvalue weighted by Crippen LogP contribution is -2.29. The van der Waals surface area contributed by atoms with E-state index in [1.54, 1.807) is 0 Å². The van der Waals surface area contributed by atoms with Crippen LogP contribution in [0.1, 0.15) is 56.0 Å². The molecule has 204 valence electrons. The quantitative estimate of drug-likeness (QED) is 0.184. The van der Waals surface area contributed by atoms with Crippen LogP contribution in [0.25, 0.3) is 5.76 Å². The number of aliphatic hydroxyl groups is 1. The number of ether oxygens (including phenoxy) is 2. The van der Waals surface area contributed by atoms with Crippen molar-refractivity contribution in [3.8, 4) is 11.5 Å². The van der Waals surface area contributed by atoms with Gasteiger partial charge in [-0.1, -0.05) is 80.4 Å². The zero-order valence-electron chi connectivity index (χ0n) is 22.5. The van der Waals surface area contributed by atoms with Gasteiger partial charge in [-0.15, -0.1) is 0 Å². The normalized spacial score (nSPS) is 17.0. The molecular formula is C31H31Cl2NO5. The molecule has 1 unspecified atom stereocenters. The highest BCUT2D eigenvalue weighted by Gasteiger charge is 2.46. The van der Waals surface area contributed by atoms with Gasteiger partial charge >= 0.3 is 0 Å². The average Bonchev–Trinajstić information content (AvgIpc) is 3.14. The Morgan fingerprint density at radius 3 is 2.08 bits per heavy atom. The third kappa shape index (κ3) is 5.77. The summed E-state index contributed by atoms with van der Waals surface area (Å²) in [5, 5.41) is 11.8. The van der Waals surface area contributed by atoms with Crippen molar-refractivity contribution in [2.75, 3.05) is 13.7 Å². The van der Waals surface area contributed by atoms with Crippen LogP contribution in [0.5, 0.6) is 11.5 Å². The number of rotatable bonds is 7. The summed E-state index contributed by atoms with van der Waals surface area (Å²) >= 11 is 12.6. The molecule has 0 bridgehead atoms. The van der Waals surface area contributed by atoms with Crippen LogP contribution in [0.2, 0.25) is 10.0 Å². The maximum Gasteiger partial charge on any atom is 0.295 e. The predicted octanol–water partition coefficient (Wildman–Crippen LogP) is 7.32. The van der Waals surface area contributed by atoms with Crippen LogP contribution in [0.4, 0.5) is 0 Å². The summed E-state index contributed by atoms with van der Waals surface area (Å²) in [4.78, 5) is 28.3. The number of amides is 1. The van der Waals surface area contributed by atoms with E-state index in [1.807, 2.05) is 55.5 Å². The van der Waals surface area contributed by atoms with Gasteiger partial charge in [0.05, 0.1) is 35.4 Å². The lowest BCUT2D eigenvalue weighted by molar-refractivity contribution is -0.140. The summed E-state index contributed by atoms with van der Waals surface area (Å²) in [6.45, 7) is 8.93. The van der Waals surface area contributed by atoms with Crippen molar-refractivity contribution < 1.29 is 24.2 Å². The van der Waals surface area contributed by atoms with Gasteiger partial charge in [-0.2, -0.15) is 0 Å². The number of ketones is 1. The van der Waals surface area contributed by atoms with Gasteiger partial charge in [0.2, 0.25) is 0 Å². The highest BCUT2D eigenvalue weighted by molar-refractivity contribution is 6.46. The Kier molecular flexibility index (Phi) is 8.28. The lowest BCUT2D eigenvalue weighted by atomic mass is 9.85. The minimum absolute atomic E-state index is 0.0354. The first-order valence-corrected chi connectivity index (χ1v) is 13.4.